The standard InChI is InChI=1S/C17H16N2O2S/c1-12(21-15-7-3-13(11-18)4-8-15)17(20)19-14-5-9-16(22-2)10-6-14/h3-10,12H,1-2H3,(H,19,20)/t12-/m0/s1. The highest BCUT2D eigenvalue weighted by Gasteiger charge is 2.14. The van der Waals surface area contributed by atoms with E-state index in [0.29, 0.717) is 11.3 Å². The van der Waals surface area contributed by atoms with Gasteiger partial charge in [-0.3, -0.25) is 4.79 Å². The molecule has 4 nitrogen and oxygen atoms in total. The fraction of sp³-hybridized carbons (Fsp3) is 0.176. The molecule has 2 aromatic rings. The number of benzene rings is 2. The number of carbonyl (C=O) groups excluding carboxylic acids is 1. The van der Waals surface area contributed by atoms with Gasteiger partial charge in [0.1, 0.15) is 5.75 Å². The Kier molecular flexibility index (Phi) is 5.45. The third kappa shape index (κ3) is 4.27. The Labute approximate surface area is 134 Å². The van der Waals surface area contributed by atoms with Crippen molar-refractivity contribution in [1.82, 2.24) is 0 Å². The molecular weight excluding hydrogens is 296 g/mol. The summed E-state index contributed by atoms with van der Waals surface area (Å²) < 4.78 is 5.57. The van der Waals surface area contributed by atoms with Crippen molar-refractivity contribution in [3.05, 3.63) is 54.1 Å². The highest BCUT2D eigenvalue weighted by molar-refractivity contribution is 7.98. The van der Waals surface area contributed by atoms with E-state index >= 15 is 0 Å². The summed E-state index contributed by atoms with van der Waals surface area (Å²) in [6, 6.07) is 16.3. The Morgan fingerprint density at radius 3 is 2.36 bits per heavy atom. The van der Waals surface area contributed by atoms with Crippen LogP contribution in [0.3, 0.4) is 0 Å². The molecule has 0 aromatic heterocycles. The van der Waals surface area contributed by atoms with Crippen LogP contribution < -0.4 is 10.1 Å². The number of hydrogen-bond acceptors (Lipinski definition) is 4. The minimum atomic E-state index is -0.631. The van der Waals surface area contributed by atoms with Crippen LogP contribution in [0, 0.1) is 11.3 Å². The molecule has 0 saturated heterocycles. The molecule has 0 heterocycles. The van der Waals surface area contributed by atoms with Gasteiger partial charge in [-0.25, -0.2) is 0 Å². The topological polar surface area (TPSA) is 62.1 Å². The van der Waals surface area contributed by atoms with Crippen molar-refractivity contribution in [2.45, 2.75) is 17.9 Å². The van der Waals surface area contributed by atoms with E-state index in [-0.39, 0.29) is 5.91 Å². The number of thioether (sulfide) groups is 1. The lowest BCUT2D eigenvalue weighted by molar-refractivity contribution is -0.122. The number of hydrogen-bond donors (Lipinski definition) is 1. The van der Waals surface area contributed by atoms with Crippen molar-refractivity contribution in [3.8, 4) is 11.8 Å². The van der Waals surface area contributed by atoms with Crippen LogP contribution in [0.1, 0.15) is 12.5 Å². The van der Waals surface area contributed by atoms with Gasteiger partial charge < -0.3 is 10.1 Å². The van der Waals surface area contributed by atoms with E-state index in [0.717, 1.165) is 10.6 Å². The zero-order valence-electron chi connectivity index (χ0n) is 12.4. The molecule has 0 spiro atoms. The van der Waals surface area contributed by atoms with Crippen molar-refractivity contribution in [2.75, 3.05) is 11.6 Å². The third-order valence-electron chi connectivity index (χ3n) is 3.02. The Morgan fingerprint density at radius 1 is 1.18 bits per heavy atom. The number of ether oxygens (including phenoxy) is 1. The summed E-state index contributed by atoms with van der Waals surface area (Å²) in [5, 5.41) is 11.6. The number of nitriles is 1. The summed E-state index contributed by atoms with van der Waals surface area (Å²) in [6.07, 6.45) is 1.37. The molecule has 0 fully saturated rings. The molecule has 0 aliphatic carbocycles. The molecule has 112 valence electrons. The number of amides is 1. The average Bonchev–Trinajstić information content (AvgIpc) is 2.56. The summed E-state index contributed by atoms with van der Waals surface area (Å²) in [7, 11) is 0. The lowest BCUT2D eigenvalue weighted by atomic mass is 10.2. The van der Waals surface area contributed by atoms with E-state index in [4.69, 9.17) is 10.00 Å². The van der Waals surface area contributed by atoms with Gasteiger partial charge in [-0.2, -0.15) is 5.26 Å². The Balaban J connectivity index is 1.94. The van der Waals surface area contributed by atoms with E-state index in [1.54, 1.807) is 43.0 Å². The smallest absolute Gasteiger partial charge is 0.265 e. The monoisotopic (exact) mass is 312 g/mol. The first-order valence-corrected chi connectivity index (χ1v) is 7.96. The Morgan fingerprint density at radius 2 is 1.82 bits per heavy atom. The molecular formula is C17H16N2O2S. The van der Waals surface area contributed by atoms with Gasteiger partial charge in [0.25, 0.3) is 5.91 Å². The van der Waals surface area contributed by atoms with Crippen LogP contribution in [0.2, 0.25) is 0 Å². The second kappa shape index (κ2) is 7.53. The number of nitrogens with zero attached hydrogens (tertiary/aromatic N) is 1. The van der Waals surface area contributed by atoms with Crippen molar-refractivity contribution in [3.63, 3.8) is 0 Å². The molecule has 0 aliphatic rings. The maximum absolute atomic E-state index is 12.1. The Hall–Kier alpha value is -2.45. The van der Waals surface area contributed by atoms with Gasteiger partial charge >= 0.3 is 0 Å². The number of carbonyl (C=O) groups is 1. The molecule has 0 unspecified atom stereocenters. The van der Waals surface area contributed by atoms with Gasteiger partial charge in [-0.15, -0.1) is 11.8 Å². The molecule has 2 rings (SSSR count). The Bertz CT molecular complexity index is 675. The molecule has 1 amide bonds. The first-order valence-electron chi connectivity index (χ1n) is 6.74. The molecule has 22 heavy (non-hydrogen) atoms. The zero-order chi connectivity index (χ0) is 15.9. The van der Waals surface area contributed by atoms with Crippen molar-refractivity contribution >= 4 is 23.4 Å². The third-order valence-corrected chi connectivity index (χ3v) is 3.77. The largest absolute Gasteiger partial charge is 0.481 e. The summed E-state index contributed by atoms with van der Waals surface area (Å²) in [5.41, 5.74) is 1.29. The SMILES string of the molecule is CSc1ccc(NC(=O)[C@H](C)Oc2ccc(C#N)cc2)cc1. The lowest BCUT2D eigenvalue weighted by Gasteiger charge is -2.15. The average molecular weight is 312 g/mol. The van der Waals surface area contributed by atoms with Gasteiger partial charge in [0.15, 0.2) is 6.10 Å². The fourth-order valence-corrected chi connectivity index (χ4v) is 2.19. The quantitative estimate of drug-likeness (QED) is 0.855. The first kappa shape index (κ1) is 15.9. The van der Waals surface area contributed by atoms with E-state index in [9.17, 15) is 4.79 Å². The second-order valence-corrected chi connectivity index (χ2v) is 5.49. The molecule has 5 heteroatoms. The van der Waals surface area contributed by atoms with Crippen LogP contribution in [-0.4, -0.2) is 18.3 Å². The van der Waals surface area contributed by atoms with Gasteiger partial charge in [-0.05, 0) is 61.7 Å². The van der Waals surface area contributed by atoms with Crippen molar-refractivity contribution in [2.24, 2.45) is 0 Å². The van der Waals surface area contributed by atoms with Crippen molar-refractivity contribution in [1.29, 1.82) is 5.26 Å². The normalized spacial score (nSPS) is 11.3. The van der Waals surface area contributed by atoms with Gasteiger partial charge in [-0.1, -0.05) is 0 Å². The van der Waals surface area contributed by atoms with Crippen molar-refractivity contribution < 1.29 is 9.53 Å². The minimum absolute atomic E-state index is 0.221. The van der Waals surface area contributed by atoms with Crippen LogP contribution in [0.25, 0.3) is 0 Å². The molecule has 0 bridgehead atoms. The summed E-state index contributed by atoms with van der Waals surface area (Å²) in [5.74, 6) is 0.334. The maximum atomic E-state index is 12.1. The molecule has 1 atom stereocenters. The van der Waals surface area contributed by atoms with Crippen LogP contribution in [-0.2, 0) is 4.79 Å². The predicted molar refractivity (Wildman–Crippen MR) is 88.1 cm³/mol. The van der Waals surface area contributed by atoms with Gasteiger partial charge in [0.2, 0.25) is 0 Å². The molecule has 0 radical (unpaired) electrons. The summed E-state index contributed by atoms with van der Waals surface area (Å²) in [6.45, 7) is 1.68. The van der Waals surface area contributed by atoms with Crippen LogP contribution >= 0.6 is 11.8 Å². The maximum Gasteiger partial charge on any atom is 0.265 e. The number of nitrogens with one attached hydrogen (secondary N) is 1. The highest BCUT2D eigenvalue weighted by atomic mass is 32.2. The number of rotatable bonds is 5. The minimum Gasteiger partial charge on any atom is -0.481 e. The van der Waals surface area contributed by atoms with Crippen LogP contribution in [0.5, 0.6) is 5.75 Å². The first-order chi connectivity index (χ1) is 10.6. The van der Waals surface area contributed by atoms with E-state index in [2.05, 4.69) is 5.32 Å². The molecule has 0 saturated carbocycles. The zero-order valence-corrected chi connectivity index (χ0v) is 13.2. The molecule has 0 aliphatic heterocycles. The van der Waals surface area contributed by atoms with Gasteiger partial charge in [0.05, 0.1) is 11.6 Å². The van der Waals surface area contributed by atoms with Crippen LogP contribution in [0.15, 0.2) is 53.4 Å². The fourth-order valence-electron chi connectivity index (χ4n) is 1.78. The van der Waals surface area contributed by atoms with Gasteiger partial charge in [0, 0.05) is 10.6 Å². The summed E-state index contributed by atoms with van der Waals surface area (Å²) in [4.78, 5) is 13.2. The van der Waals surface area contributed by atoms with E-state index < -0.39 is 6.10 Å². The molecule has 2 aromatic carbocycles. The molecule has 1 N–H and O–H groups in total. The second-order valence-electron chi connectivity index (χ2n) is 4.61. The summed E-state index contributed by atoms with van der Waals surface area (Å²) >= 11 is 1.65. The van der Waals surface area contributed by atoms with Crippen LogP contribution in [0.4, 0.5) is 5.69 Å². The van der Waals surface area contributed by atoms with E-state index in [1.165, 1.54) is 0 Å². The van der Waals surface area contributed by atoms with E-state index in [1.807, 2.05) is 36.6 Å². The highest BCUT2D eigenvalue weighted by Crippen LogP contribution is 2.18. The predicted octanol–water partition coefficient (Wildman–Crippen LogP) is 3.69. The lowest BCUT2D eigenvalue weighted by Crippen LogP contribution is -2.30. The number of anilines is 1.